The zero-order valence-corrected chi connectivity index (χ0v) is 9.79. The van der Waals surface area contributed by atoms with Gasteiger partial charge in [0, 0.05) is 0 Å². The van der Waals surface area contributed by atoms with Crippen molar-refractivity contribution < 1.29 is 9.90 Å². The molecule has 0 spiro atoms. The van der Waals surface area contributed by atoms with Gasteiger partial charge < -0.3 is 16.2 Å². The standard InChI is InChI=1S/C13H10N4O2/c14-7-8-3-1-2-4-10(8)16-12-9(15)5-6-11(17-12)13(18)19/h1-6H,15H2,(H,16,17)(H,18,19). The number of nitrogen functional groups attached to an aromatic ring is 1. The molecule has 0 unspecified atom stereocenters. The highest BCUT2D eigenvalue weighted by molar-refractivity contribution is 5.87. The molecule has 0 aliphatic heterocycles. The number of carboxylic acids is 1. The van der Waals surface area contributed by atoms with E-state index in [1.54, 1.807) is 24.3 Å². The van der Waals surface area contributed by atoms with Crippen molar-refractivity contribution in [1.29, 1.82) is 5.26 Å². The van der Waals surface area contributed by atoms with Gasteiger partial charge in [0.2, 0.25) is 0 Å². The fourth-order valence-electron chi connectivity index (χ4n) is 1.51. The van der Waals surface area contributed by atoms with Crippen LogP contribution in [0.1, 0.15) is 16.1 Å². The normalized spacial score (nSPS) is 9.63. The number of nitrogens with two attached hydrogens (primary N) is 1. The molecular formula is C13H10N4O2. The Hall–Kier alpha value is -3.07. The van der Waals surface area contributed by atoms with Gasteiger partial charge in [0.25, 0.3) is 0 Å². The molecule has 0 radical (unpaired) electrons. The number of aromatic carboxylic acids is 1. The number of anilines is 3. The molecule has 0 atom stereocenters. The second-order valence-electron chi connectivity index (χ2n) is 3.72. The lowest BCUT2D eigenvalue weighted by Gasteiger charge is -2.10. The molecule has 1 aromatic heterocycles. The van der Waals surface area contributed by atoms with Crippen molar-refractivity contribution in [3.63, 3.8) is 0 Å². The SMILES string of the molecule is N#Cc1ccccc1Nc1nc(C(=O)O)ccc1N. The summed E-state index contributed by atoms with van der Waals surface area (Å²) in [5, 5.41) is 20.7. The van der Waals surface area contributed by atoms with Crippen molar-refractivity contribution in [1.82, 2.24) is 4.98 Å². The van der Waals surface area contributed by atoms with Crippen LogP contribution in [0.5, 0.6) is 0 Å². The van der Waals surface area contributed by atoms with E-state index in [-0.39, 0.29) is 11.5 Å². The highest BCUT2D eigenvalue weighted by Gasteiger charge is 2.10. The van der Waals surface area contributed by atoms with Gasteiger partial charge in [-0.3, -0.25) is 0 Å². The first kappa shape index (κ1) is 12.4. The molecule has 0 bridgehead atoms. The first-order chi connectivity index (χ1) is 9.11. The number of benzene rings is 1. The van der Waals surface area contributed by atoms with Gasteiger partial charge in [-0.05, 0) is 24.3 Å². The fraction of sp³-hybridized carbons (Fsp3) is 0. The van der Waals surface area contributed by atoms with E-state index in [0.29, 0.717) is 16.9 Å². The minimum Gasteiger partial charge on any atom is -0.477 e. The maximum atomic E-state index is 10.9. The Labute approximate surface area is 109 Å². The third-order valence-corrected chi connectivity index (χ3v) is 2.45. The summed E-state index contributed by atoms with van der Waals surface area (Å²) >= 11 is 0. The summed E-state index contributed by atoms with van der Waals surface area (Å²) in [6.45, 7) is 0. The van der Waals surface area contributed by atoms with Gasteiger partial charge in [-0.1, -0.05) is 12.1 Å². The van der Waals surface area contributed by atoms with Crippen LogP contribution in [0, 0.1) is 11.3 Å². The van der Waals surface area contributed by atoms with Gasteiger partial charge in [0.1, 0.15) is 6.07 Å². The Morgan fingerprint density at radius 1 is 1.32 bits per heavy atom. The molecule has 1 aromatic carbocycles. The first-order valence-electron chi connectivity index (χ1n) is 5.38. The van der Waals surface area contributed by atoms with Gasteiger partial charge in [-0.15, -0.1) is 0 Å². The van der Waals surface area contributed by atoms with Crippen LogP contribution < -0.4 is 11.1 Å². The monoisotopic (exact) mass is 254 g/mol. The van der Waals surface area contributed by atoms with Crippen molar-refractivity contribution >= 4 is 23.2 Å². The van der Waals surface area contributed by atoms with E-state index < -0.39 is 5.97 Å². The number of nitrogens with zero attached hydrogens (tertiary/aromatic N) is 2. The number of hydrogen-bond donors (Lipinski definition) is 3. The number of rotatable bonds is 3. The predicted octanol–water partition coefficient (Wildman–Crippen LogP) is 1.98. The van der Waals surface area contributed by atoms with E-state index in [1.165, 1.54) is 12.1 Å². The number of para-hydroxylation sites is 1. The maximum absolute atomic E-state index is 10.9. The number of nitrogens with one attached hydrogen (secondary N) is 1. The molecule has 0 amide bonds. The van der Waals surface area contributed by atoms with Gasteiger partial charge in [-0.2, -0.15) is 5.26 Å². The quantitative estimate of drug-likeness (QED) is 0.772. The summed E-state index contributed by atoms with van der Waals surface area (Å²) in [5.41, 5.74) is 6.85. The molecule has 1 heterocycles. The van der Waals surface area contributed by atoms with Crippen LogP contribution in [-0.4, -0.2) is 16.1 Å². The van der Waals surface area contributed by atoms with E-state index >= 15 is 0 Å². The number of aromatic nitrogens is 1. The summed E-state index contributed by atoms with van der Waals surface area (Å²) in [6.07, 6.45) is 0. The van der Waals surface area contributed by atoms with Gasteiger partial charge in [0.15, 0.2) is 11.5 Å². The second-order valence-corrected chi connectivity index (χ2v) is 3.72. The summed E-state index contributed by atoms with van der Waals surface area (Å²) in [4.78, 5) is 14.8. The third kappa shape index (κ3) is 2.61. The molecule has 0 fully saturated rings. The topological polar surface area (TPSA) is 112 Å². The van der Waals surface area contributed by atoms with E-state index in [0.717, 1.165) is 0 Å². The molecule has 4 N–H and O–H groups in total. The number of hydrogen-bond acceptors (Lipinski definition) is 5. The predicted molar refractivity (Wildman–Crippen MR) is 70.0 cm³/mol. The molecule has 2 aromatic rings. The highest BCUT2D eigenvalue weighted by Crippen LogP contribution is 2.23. The van der Waals surface area contributed by atoms with Crippen LogP contribution in [-0.2, 0) is 0 Å². The minimum atomic E-state index is -1.14. The van der Waals surface area contributed by atoms with E-state index in [9.17, 15) is 4.79 Å². The van der Waals surface area contributed by atoms with Crippen molar-refractivity contribution in [2.45, 2.75) is 0 Å². The molecule has 0 saturated carbocycles. The number of pyridine rings is 1. The lowest BCUT2D eigenvalue weighted by molar-refractivity contribution is 0.0690. The summed E-state index contributed by atoms with van der Waals surface area (Å²) in [5.74, 6) is -0.931. The smallest absolute Gasteiger partial charge is 0.354 e. The van der Waals surface area contributed by atoms with E-state index in [4.69, 9.17) is 16.1 Å². The van der Waals surface area contributed by atoms with Gasteiger partial charge >= 0.3 is 5.97 Å². The Morgan fingerprint density at radius 2 is 2.05 bits per heavy atom. The zero-order chi connectivity index (χ0) is 13.8. The molecule has 0 aliphatic rings. The van der Waals surface area contributed by atoms with Crippen LogP contribution in [0.4, 0.5) is 17.2 Å². The average Bonchev–Trinajstić information content (AvgIpc) is 2.41. The number of carbonyl (C=O) groups is 1. The van der Waals surface area contributed by atoms with Crippen molar-refractivity contribution in [3.05, 3.63) is 47.7 Å². The highest BCUT2D eigenvalue weighted by atomic mass is 16.4. The molecule has 0 saturated heterocycles. The minimum absolute atomic E-state index is 0.119. The van der Waals surface area contributed by atoms with E-state index in [1.807, 2.05) is 6.07 Å². The van der Waals surface area contributed by atoms with Crippen molar-refractivity contribution in [3.8, 4) is 6.07 Å². The summed E-state index contributed by atoms with van der Waals surface area (Å²) < 4.78 is 0. The Balaban J connectivity index is 2.41. The molecule has 94 valence electrons. The average molecular weight is 254 g/mol. The van der Waals surface area contributed by atoms with Crippen LogP contribution in [0.2, 0.25) is 0 Å². The fourth-order valence-corrected chi connectivity index (χ4v) is 1.51. The van der Waals surface area contributed by atoms with Gasteiger partial charge in [-0.25, -0.2) is 9.78 Å². The second kappa shape index (κ2) is 5.06. The Bertz CT molecular complexity index is 677. The molecular weight excluding hydrogens is 244 g/mol. The molecule has 6 nitrogen and oxygen atoms in total. The van der Waals surface area contributed by atoms with Crippen LogP contribution >= 0.6 is 0 Å². The molecule has 2 rings (SSSR count). The lowest BCUT2D eigenvalue weighted by atomic mass is 10.2. The Morgan fingerprint density at radius 3 is 2.74 bits per heavy atom. The molecule has 19 heavy (non-hydrogen) atoms. The number of nitriles is 1. The lowest BCUT2D eigenvalue weighted by Crippen LogP contribution is -2.06. The van der Waals surface area contributed by atoms with Crippen molar-refractivity contribution in [2.75, 3.05) is 11.1 Å². The van der Waals surface area contributed by atoms with Crippen LogP contribution in [0.25, 0.3) is 0 Å². The third-order valence-electron chi connectivity index (χ3n) is 2.45. The first-order valence-corrected chi connectivity index (χ1v) is 5.38. The van der Waals surface area contributed by atoms with E-state index in [2.05, 4.69) is 10.3 Å². The maximum Gasteiger partial charge on any atom is 0.354 e. The summed E-state index contributed by atoms with van der Waals surface area (Å²) in [7, 11) is 0. The Kier molecular flexibility index (Phi) is 3.30. The molecule has 6 heteroatoms. The van der Waals surface area contributed by atoms with Crippen molar-refractivity contribution in [2.24, 2.45) is 0 Å². The zero-order valence-electron chi connectivity index (χ0n) is 9.79. The van der Waals surface area contributed by atoms with Crippen LogP contribution in [0.3, 0.4) is 0 Å². The summed E-state index contributed by atoms with van der Waals surface area (Å²) in [6, 6.07) is 11.6. The largest absolute Gasteiger partial charge is 0.477 e. The molecule has 0 aliphatic carbocycles. The van der Waals surface area contributed by atoms with Crippen LogP contribution in [0.15, 0.2) is 36.4 Å². The van der Waals surface area contributed by atoms with Gasteiger partial charge in [0.05, 0.1) is 16.9 Å². The number of carboxylic acid groups (broad SMARTS) is 1.